The number of hydrogen-bond acceptors (Lipinski definition) is 7. The Morgan fingerprint density at radius 2 is 1.84 bits per heavy atom. The minimum atomic E-state index is -4.74. The van der Waals surface area contributed by atoms with Crippen LogP contribution in [-0.4, -0.2) is 65.0 Å². The van der Waals surface area contributed by atoms with Gasteiger partial charge in [0.2, 0.25) is 0 Å². The SMILES string of the molecule is Cc1nc2cnc3nccc3c2c(C2CCC(C(N3CCCC(COc4ccc(OC(F)(F)F)cc4)C3)S(=O)O)CC2)[nH]1. The van der Waals surface area contributed by atoms with E-state index in [4.69, 9.17) is 4.74 Å². The number of benzene rings is 1. The van der Waals surface area contributed by atoms with Crippen LogP contribution in [0, 0.1) is 18.8 Å². The third kappa shape index (κ3) is 6.78. The molecule has 9 nitrogen and oxygen atoms in total. The summed E-state index contributed by atoms with van der Waals surface area (Å²) in [6, 6.07) is 7.32. The summed E-state index contributed by atoms with van der Waals surface area (Å²) in [5, 5.41) is 1.58. The maximum Gasteiger partial charge on any atom is 0.573 e. The number of piperidine rings is 1. The molecule has 6 rings (SSSR count). The molecular weight excluding hydrogens is 583 g/mol. The van der Waals surface area contributed by atoms with Crippen LogP contribution in [0.15, 0.2) is 42.7 Å². The number of halogens is 3. The number of alkyl halides is 3. The summed E-state index contributed by atoms with van der Waals surface area (Å²) in [4.78, 5) is 19.1. The Hall–Kier alpha value is -3.29. The molecule has 0 amide bonds. The van der Waals surface area contributed by atoms with Gasteiger partial charge in [0, 0.05) is 35.1 Å². The number of rotatable bonds is 8. The molecule has 0 spiro atoms. The maximum atomic E-state index is 12.7. The second kappa shape index (κ2) is 12.4. The quantitative estimate of drug-likeness (QED) is 0.221. The molecule has 230 valence electrons. The highest BCUT2D eigenvalue weighted by Gasteiger charge is 2.38. The summed E-state index contributed by atoms with van der Waals surface area (Å²) in [7, 11) is 0. The average molecular weight is 618 g/mol. The molecule has 4 heterocycles. The molecule has 1 aliphatic heterocycles. The number of ether oxygens (including phenoxy) is 2. The fourth-order valence-electron chi connectivity index (χ4n) is 6.79. The predicted octanol–water partition coefficient (Wildman–Crippen LogP) is 6.33. The number of aryl methyl sites for hydroxylation is 1. The van der Waals surface area contributed by atoms with Crippen LogP contribution in [0.3, 0.4) is 0 Å². The third-order valence-electron chi connectivity index (χ3n) is 8.63. The first-order valence-electron chi connectivity index (χ1n) is 14.6. The van der Waals surface area contributed by atoms with Gasteiger partial charge in [-0.3, -0.25) is 4.90 Å². The predicted molar refractivity (Wildman–Crippen MR) is 156 cm³/mol. The van der Waals surface area contributed by atoms with Crippen molar-refractivity contribution in [3.63, 3.8) is 0 Å². The van der Waals surface area contributed by atoms with Gasteiger partial charge in [0.05, 0.1) is 18.3 Å². The minimum Gasteiger partial charge on any atom is -0.493 e. The maximum absolute atomic E-state index is 12.7. The molecule has 3 unspecified atom stereocenters. The Morgan fingerprint density at radius 1 is 1.09 bits per heavy atom. The van der Waals surface area contributed by atoms with Crippen molar-refractivity contribution in [2.24, 2.45) is 11.8 Å². The van der Waals surface area contributed by atoms with Crippen molar-refractivity contribution in [2.45, 2.75) is 63.1 Å². The van der Waals surface area contributed by atoms with Gasteiger partial charge in [-0.1, -0.05) is 0 Å². The first kappa shape index (κ1) is 29.8. The second-order valence-electron chi connectivity index (χ2n) is 11.5. The molecular formula is C30H34F3N5O4S. The van der Waals surface area contributed by atoms with E-state index in [1.54, 1.807) is 12.4 Å². The zero-order chi connectivity index (χ0) is 30.1. The fourth-order valence-corrected chi connectivity index (χ4v) is 7.84. The molecule has 3 atom stereocenters. The molecule has 1 aromatic carbocycles. The van der Waals surface area contributed by atoms with E-state index in [0.29, 0.717) is 24.5 Å². The Balaban J connectivity index is 1.09. The van der Waals surface area contributed by atoms with Crippen molar-refractivity contribution >= 4 is 33.0 Å². The summed E-state index contributed by atoms with van der Waals surface area (Å²) in [5.41, 5.74) is 2.68. The molecule has 1 aliphatic carbocycles. The smallest absolute Gasteiger partial charge is 0.493 e. The van der Waals surface area contributed by atoms with E-state index >= 15 is 0 Å². The number of likely N-dealkylation sites (tertiary alicyclic amines) is 1. The molecule has 4 aromatic rings. The number of aromatic nitrogens is 4. The van der Waals surface area contributed by atoms with E-state index in [-0.39, 0.29) is 23.5 Å². The van der Waals surface area contributed by atoms with Gasteiger partial charge in [0.1, 0.15) is 22.7 Å². The minimum absolute atomic E-state index is 0.0828. The fraction of sp³-hybridized carbons (Fsp3) is 0.500. The highest BCUT2D eigenvalue weighted by atomic mass is 32.2. The van der Waals surface area contributed by atoms with Crippen LogP contribution in [0.4, 0.5) is 13.2 Å². The summed E-state index contributed by atoms with van der Waals surface area (Å²) < 4.78 is 70.3. The topological polar surface area (TPSA) is 113 Å². The van der Waals surface area contributed by atoms with E-state index in [2.05, 4.69) is 29.6 Å². The van der Waals surface area contributed by atoms with E-state index < -0.39 is 22.8 Å². The van der Waals surface area contributed by atoms with Gasteiger partial charge >= 0.3 is 6.36 Å². The van der Waals surface area contributed by atoms with Crippen LogP contribution in [-0.2, 0) is 11.1 Å². The van der Waals surface area contributed by atoms with Gasteiger partial charge in [-0.2, -0.15) is 0 Å². The lowest BCUT2D eigenvalue weighted by molar-refractivity contribution is -0.274. The van der Waals surface area contributed by atoms with Crippen molar-refractivity contribution < 1.29 is 31.4 Å². The van der Waals surface area contributed by atoms with Crippen LogP contribution in [0.25, 0.3) is 21.9 Å². The van der Waals surface area contributed by atoms with E-state index in [1.165, 1.54) is 24.3 Å². The van der Waals surface area contributed by atoms with Crippen molar-refractivity contribution in [1.82, 2.24) is 24.8 Å². The van der Waals surface area contributed by atoms with E-state index in [1.807, 2.05) is 13.0 Å². The Labute approximate surface area is 249 Å². The molecule has 0 radical (unpaired) electrons. The monoisotopic (exact) mass is 617 g/mol. The number of pyridine rings is 1. The van der Waals surface area contributed by atoms with Crippen molar-refractivity contribution in [3.05, 3.63) is 54.2 Å². The van der Waals surface area contributed by atoms with Crippen LogP contribution in [0.5, 0.6) is 11.5 Å². The highest BCUT2D eigenvalue weighted by Crippen LogP contribution is 2.42. The van der Waals surface area contributed by atoms with Gasteiger partial charge < -0.3 is 19.0 Å². The Bertz CT molecular complexity index is 1590. The highest BCUT2D eigenvalue weighted by molar-refractivity contribution is 7.79. The number of aromatic amines is 1. The molecule has 2 aliphatic rings. The summed E-state index contributed by atoms with van der Waals surface area (Å²) in [6.07, 6.45) is 4.02. The Morgan fingerprint density at radius 3 is 2.56 bits per heavy atom. The number of fused-ring (bicyclic) bond motifs is 3. The molecule has 0 bridgehead atoms. The lowest BCUT2D eigenvalue weighted by Crippen LogP contribution is -2.49. The van der Waals surface area contributed by atoms with E-state index in [9.17, 15) is 21.9 Å². The molecule has 13 heteroatoms. The zero-order valence-electron chi connectivity index (χ0n) is 23.7. The largest absolute Gasteiger partial charge is 0.573 e. The average Bonchev–Trinajstić information content (AvgIpc) is 3.45. The van der Waals surface area contributed by atoms with Crippen LogP contribution < -0.4 is 9.47 Å². The van der Waals surface area contributed by atoms with Gasteiger partial charge in [-0.05, 0) is 94.2 Å². The van der Waals surface area contributed by atoms with E-state index in [0.717, 1.165) is 72.9 Å². The number of hydrogen-bond donors (Lipinski definition) is 2. The summed E-state index contributed by atoms with van der Waals surface area (Å²) in [6.45, 7) is 3.69. The van der Waals surface area contributed by atoms with Crippen molar-refractivity contribution in [3.8, 4) is 11.5 Å². The molecule has 3 aromatic heterocycles. The van der Waals surface area contributed by atoms with Gasteiger partial charge in [0.25, 0.3) is 0 Å². The van der Waals surface area contributed by atoms with Crippen LogP contribution in [0.2, 0.25) is 0 Å². The molecule has 43 heavy (non-hydrogen) atoms. The lowest BCUT2D eigenvalue weighted by Gasteiger charge is -2.42. The number of H-pyrrole nitrogens is 1. The second-order valence-corrected chi connectivity index (χ2v) is 12.6. The van der Waals surface area contributed by atoms with Crippen molar-refractivity contribution in [1.29, 1.82) is 0 Å². The molecule has 2 N–H and O–H groups in total. The first-order valence-corrected chi connectivity index (χ1v) is 15.7. The van der Waals surface area contributed by atoms with Gasteiger partial charge in [-0.15, -0.1) is 13.2 Å². The number of nitrogens with one attached hydrogen (secondary N) is 1. The standard InChI is InChI=1S/C30H34F3N5O4S/c1-18-36-25-15-35-28-24(12-13-34-28)26(25)27(37-18)20-4-6-21(7-5-20)29(43(39)40)38-14-2-3-19(16-38)17-41-22-8-10-23(11-9-22)42-30(31,32)33/h8-13,15,19-21,29H,2-7,14,16-17H2,1H3,(H,36,37)(H,39,40). The van der Waals surface area contributed by atoms with Crippen LogP contribution in [0.1, 0.15) is 56.0 Å². The van der Waals surface area contributed by atoms with Gasteiger partial charge in [0.15, 0.2) is 16.7 Å². The number of nitrogens with zero attached hydrogens (tertiary/aromatic N) is 4. The molecule has 1 saturated carbocycles. The third-order valence-corrected chi connectivity index (χ3v) is 9.73. The normalized spacial score (nSPS) is 23.3. The van der Waals surface area contributed by atoms with Crippen molar-refractivity contribution in [2.75, 3.05) is 19.7 Å². The lowest BCUT2D eigenvalue weighted by atomic mass is 9.78. The first-order chi connectivity index (χ1) is 20.6. The zero-order valence-corrected chi connectivity index (χ0v) is 24.5. The molecule has 1 saturated heterocycles. The Kier molecular flexibility index (Phi) is 8.56. The molecule has 2 fully saturated rings. The summed E-state index contributed by atoms with van der Waals surface area (Å²) >= 11 is -2.01. The van der Waals surface area contributed by atoms with Gasteiger partial charge in [-0.25, -0.2) is 19.2 Å². The van der Waals surface area contributed by atoms with Crippen LogP contribution >= 0.6 is 0 Å². The summed E-state index contributed by atoms with van der Waals surface area (Å²) in [5.74, 6) is 1.46.